The second kappa shape index (κ2) is 4.72. The van der Waals surface area contributed by atoms with Gasteiger partial charge in [-0.2, -0.15) is 8.42 Å². The third kappa shape index (κ3) is 3.43. The van der Waals surface area contributed by atoms with E-state index in [2.05, 4.69) is 5.32 Å². The molecule has 0 aliphatic rings. The van der Waals surface area contributed by atoms with Crippen molar-refractivity contribution in [1.82, 2.24) is 0 Å². The van der Waals surface area contributed by atoms with Gasteiger partial charge in [0.05, 0.1) is 10.5 Å². The molecule has 0 saturated carbocycles. The molecule has 0 fully saturated rings. The van der Waals surface area contributed by atoms with Gasteiger partial charge < -0.3 is 10.4 Å². The number of hydrogen-bond acceptors (Lipinski definition) is 4. The minimum Gasteiger partial charge on any atom is -0.478 e. The minimum atomic E-state index is -4.40. The summed E-state index contributed by atoms with van der Waals surface area (Å²) in [6.07, 6.45) is 0. The number of nitrogens with one attached hydrogen (secondary N) is 1. The zero-order valence-corrected chi connectivity index (χ0v) is 10.2. The van der Waals surface area contributed by atoms with E-state index in [0.29, 0.717) is 5.69 Å². The lowest BCUT2D eigenvalue weighted by Crippen LogP contribution is -2.14. The highest BCUT2D eigenvalue weighted by Crippen LogP contribution is 2.21. The van der Waals surface area contributed by atoms with Crippen LogP contribution in [0.3, 0.4) is 0 Å². The maximum atomic E-state index is 11.0. The molecule has 0 amide bonds. The first-order valence-electron chi connectivity index (χ1n) is 4.83. The van der Waals surface area contributed by atoms with E-state index in [1.165, 1.54) is 6.07 Å². The Labute approximate surface area is 99.0 Å². The molecule has 0 aliphatic carbocycles. The van der Waals surface area contributed by atoms with E-state index in [-0.39, 0.29) is 11.6 Å². The normalized spacial score (nSPS) is 11.5. The van der Waals surface area contributed by atoms with Gasteiger partial charge in [-0.15, -0.1) is 0 Å². The van der Waals surface area contributed by atoms with E-state index in [1.54, 1.807) is 0 Å². The van der Waals surface area contributed by atoms with E-state index >= 15 is 0 Å². The smallest absolute Gasteiger partial charge is 0.337 e. The van der Waals surface area contributed by atoms with Gasteiger partial charge in [0.2, 0.25) is 0 Å². The standard InChI is InChI=1S/C10H13NO5S/c1-6(2)11-9-4-3-7(17(14,15)16)5-8(9)10(12)13/h3-6,11H,1-2H3,(H,12,13)(H,14,15,16). The molecular formula is C10H13NO5S. The summed E-state index contributed by atoms with van der Waals surface area (Å²) >= 11 is 0. The summed E-state index contributed by atoms with van der Waals surface area (Å²) < 4.78 is 30.6. The summed E-state index contributed by atoms with van der Waals surface area (Å²) in [4.78, 5) is 10.5. The fourth-order valence-electron chi connectivity index (χ4n) is 1.30. The molecule has 0 radical (unpaired) electrons. The van der Waals surface area contributed by atoms with Crippen LogP contribution in [0.4, 0.5) is 5.69 Å². The average molecular weight is 259 g/mol. The van der Waals surface area contributed by atoms with Gasteiger partial charge in [-0.25, -0.2) is 4.79 Å². The predicted molar refractivity (Wildman–Crippen MR) is 62.0 cm³/mol. The van der Waals surface area contributed by atoms with Gasteiger partial charge in [-0.1, -0.05) is 0 Å². The summed E-state index contributed by atoms with van der Waals surface area (Å²) in [6, 6.07) is 3.38. The zero-order chi connectivity index (χ0) is 13.2. The third-order valence-corrected chi connectivity index (χ3v) is 2.81. The molecule has 0 unspecified atom stereocenters. The third-order valence-electron chi connectivity index (χ3n) is 1.96. The molecule has 3 N–H and O–H groups in total. The fraction of sp³-hybridized carbons (Fsp3) is 0.300. The Balaban J connectivity index is 3.32. The quantitative estimate of drug-likeness (QED) is 0.707. The molecule has 0 aromatic heterocycles. The van der Waals surface area contributed by atoms with Crippen LogP contribution in [-0.4, -0.2) is 30.1 Å². The number of carbonyl (C=O) groups is 1. The van der Waals surface area contributed by atoms with Crippen molar-refractivity contribution in [3.8, 4) is 0 Å². The topological polar surface area (TPSA) is 104 Å². The average Bonchev–Trinajstić information content (AvgIpc) is 2.15. The monoisotopic (exact) mass is 259 g/mol. The predicted octanol–water partition coefficient (Wildman–Crippen LogP) is 1.45. The largest absolute Gasteiger partial charge is 0.478 e. The Kier molecular flexibility index (Phi) is 3.74. The van der Waals surface area contributed by atoms with Crippen LogP contribution in [0.15, 0.2) is 23.1 Å². The van der Waals surface area contributed by atoms with Crippen molar-refractivity contribution < 1.29 is 22.9 Å². The molecule has 0 heterocycles. The molecule has 6 nitrogen and oxygen atoms in total. The maximum absolute atomic E-state index is 11.0. The van der Waals surface area contributed by atoms with E-state index in [0.717, 1.165) is 12.1 Å². The van der Waals surface area contributed by atoms with Gasteiger partial charge in [0.1, 0.15) is 0 Å². The molecular weight excluding hydrogens is 246 g/mol. The number of rotatable bonds is 4. The van der Waals surface area contributed by atoms with Crippen LogP contribution in [0.5, 0.6) is 0 Å². The second-order valence-corrected chi connectivity index (χ2v) is 5.21. The first-order chi connectivity index (χ1) is 7.71. The summed E-state index contributed by atoms with van der Waals surface area (Å²) in [5.74, 6) is -1.27. The van der Waals surface area contributed by atoms with E-state index in [1.807, 2.05) is 13.8 Å². The Morgan fingerprint density at radius 1 is 1.35 bits per heavy atom. The molecule has 1 aromatic carbocycles. The zero-order valence-electron chi connectivity index (χ0n) is 9.34. The minimum absolute atomic E-state index is 0.00434. The molecule has 17 heavy (non-hydrogen) atoms. The first kappa shape index (κ1) is 13.5. The van der Waals surface area contributed by atoms with Crippen molar-refractivity contribution in [3.05, 3.63) is 23.8 Å². The summed E-state index contributed by atoms with van der Waals surface area (Å²) in [7, 11) is -4.40. The highest BCUT2D eigenvalue weighted by molar-refractivity contribution is 7.85. The van der Waals surface area contributed by atoms with Gasteiger partial charge in [0.25, 0.3) is 10.1 Å². The summed E-state index contributed by atoms with van der Waals surface area (Å²) in [6.45, 7) is 3.64. The van der Waals surface area contributed by atoms with Gasteiger partial charge >= 0.3 is 5.97 Å². The van der Waals surface area contributed by atoms with Gasteiger partial charge in [-0.3, -0.25) is 4.55 Å². The van der Waals surface area contributed by atoms with Crippen LogP contribution in [0.2, 0.25) is 0 Å². The highest BCUT2D eigenvalue weighted by Gasteiger charge is 2.17. The SMILES string of the molecule is CC(C)Nc1ccc(S(=O)(=O)O)cc1C(=O)O. The van der Waals surface area contributed by atoms with Crippen molar-refractivity contribution in [1.29, 1.82) is 0 Å². The van der Waals surface area contributed by atoms with Crippen molar-refractivity contribution in [2.75, 3.05) is 5.32 Å². The number of carboxylic acids is 1. The van der Waals surface area contributed by atoms with Gasteiger partial charge in [0.15, 0.2) is 0 Å². The van der Waals surface area contributed by atoms with Crippen molar-refractivity contribution >= 4 is 21.8 Å². The molecule has 0 aliphatic heterocycles. The van der Waals surface area contributed by atoms with Crippen LogP contribution in [0, 0.1) is 0 Å². The molecule has 0 saturated heterocycles. The Morgan fingerprint density at radius 2 is 1.94 bits per heavy atom. The van der Waals surface area contributed by atoms with E-state index in [4.69, 9.17) is 9.66 Å². The number of hydrogen-bond donors (Lipinski definition) is 3. The number of aromatic carboxylic acids is 1. The molecule has 7 heteroatoms. The molecule has 94 valence electrons. The maximum Gasteiger partial charge on any atom is 0.337 e. The van der Waals surface area contributed by atoms with Crippen molar-refractivity contribution in [3.63, 3.8) is 0 Å². The first-order valence-corrected chi connectivity index (χ1v) is 6.27. The van der Waals surface area contributed by atoms with Crippen LogP contribution < -0.4 is 5.32 Å². The fourth-order valence-corrected chi connectivity index (χ4v) is 1.80. The van der Waals surface area contributed by atoms with Crippen LogP contribution >= 0.6 is 0 Å². The number of benzene rings is 1. The second-order valence-electron chi connectivity index (χ2n) is 3.79. The van der Waals surface area contributed by atoms with Crippen LogP contribution in [0.1, 0.15) is 24.2 Å². The summed E-state index contributed by atoms with van der Waals surface area (Å²) in [5.41, 5.74) is 0.105. The van der Waals surface area contributed by atoms with Crippen molar-refractivity contribution in [2.24, 2.45) is 0 Å². The van der Waals surface area contributed by atoms with Crippen LogP contribution in [0.25, 0.3) is 0 Å². The van der Waals surface area contributed by atoms with Gasteiger partial charge in [0, 0.05) is 11.7 Å². The molecule has 0 spiro atoms. The van der Waals surface area contributed by atoms with Gasteiger partial charge in [-0.05, 0) is 32.0 Å². The Morgan fingerprint density at radius 3 is 2.35 bits per heavy atom. The molecule has 1 aromatic rings. The Hall–Kier alpha value is -1.60. The lowest BCUT2D eigenvalue weighted by molar-refractivity contribution is 0.0697. The lowest BCUT2D eigenvalue weighted by atomic mass is 10.1. The Bertz CT molecular complexity index is 536. The van der Waals surface area contributed by atoms with Crippen molar-refractivity contribution in [2.45, 2.75) is 24.8 Å². The number of anilines is 1. The highest BCUT2D eigenvalue weighted by atomic mass is 32.2. The molecule has 1 rings (SSSR count). The molecule has 0 atom stereocenters. The lowest BCUT2D eigenvalue weighted by Gasteiger charge is -2.13. The summed E-state index contributed by atoms with van der Waals surface area (Å²) in [5, 5.41) is 11.8. The number of carboxylic acid groups (broad SMARTS) is 1. The van der Waals surface area contributed by atoms with E-state index in [9.17, 15) is 13.2 Å². The van der Waals surface area contributed by atoms with E-state index < -0.39 is 21.0 Å². The van der Waals surface area contributed by atoms with Crippen LogP contribution in [-0.2, 0) is 10.1 Å². The molecule has 0 bridgehead atoms.